The van der Waals surface area contributed by atoms with E-state index in [1.54, 1.807) is 0 Å². The predicted octanol–water partition coefficient (Wildman–Crippen LogP) is 2.87. The van der Waals surface area contributed by atoms with Gasteiger partial charge in [-0.1, -0.05) is 30.3 Å². The molecule has 0 saturated carbocycles. The van der Waals surface area contributed by atoms with Gasteiger partial charge in [0.05, 0.1) is 22.5 Å². The van der Waals surface area contributed by atoms with Gasteiger partial charge in [-0.25, -0.2) is 13.1 Å². The monoisotopic (exact) mass is 384 g/mol. The summed E-state index contributed by atoms with van der Waals surface area (Å²) in [5, 5.41) is 10.6. The maximum Gasteiger partial charge on any atom is 0.269 e. The van der Waals surface area contributed by atoms with Gasteiger partial charge < -0.3 is 4.74 Å². The Morgan fingerprint density at radius 2 is 1.76 bits per heavy atom. The van der Waals surface area contributed by atoms with Crippen molar-refractivity contribution >= 4 is 27.3 Å². The number of benzene rings is 2. The molecule has 1 N–H and O–H groups in total. The van der Waals surface area contributed by atoms with E-state index in [4.69, 9.17) is 16.3 Å². The molecule has 0 unspecified atom stereocenters. The standard InChI is InChI=1S/C16H17ClN2O5S/c17-10-11-24-16(13-4-2-1-3-5-13)12-18-25(22,23)15-8-6-14(7-9-15)19(20)21/h1-9,16,18H,10-12H2/t16-/m1/s1. The normalized spacial score (nSPS) is 12.7. The second-order valence-corrected chi connectivity index (χ2v) is 7.21. The quantitative estimate of drug-likeness (QED) is 0.407. The number of hydrogen-bond acceptors (Lipinski definition) is 5. The van der Waals surface area contributed by atoms with Crippen molar-refractivity contribution < 1.29 is 18.1 Å². The fourth-order valence-electron chi connectivity index (χ4n) is 2.14. The van der Waals surface area contributed by atoms with Crippen molar-refractivity contribution in [1.29, 1.82) is 0 Å². The number of non-ortho nitro benzene ring substituents is 1. The third kappa shape index (κ3) is 5.50. The van der Waals surface area contributed by atoms with E-state index in [1.807, 2.05) is 30.3 Å². The van der Waals surface area contributed by atoms with E-state index in [9.17, 15) is 18.5 Å². The van der Waals surface area contributed by atoms with Gasteiger partial charge in [-0.3, -0.25) is 10.1 Å². The van der Waals surface area contributed by atoms with Gasteiger partial charge in [-0.05, 0) is 17.7 Å². The smallest absolute Gasteiger partial charge is 0.269 e. The van der Waals surface area contributed by atoms with Crippen LogP contribution in [0.15, 0.2) is 59.5 Å². The molecule has 7 nitrogen and oxygen atoms in total. The molecule has 25 heavy (non-hydrogen) atoms. The topological polar surface area (TPSA) is 98.5 Å². The number of ether oxygens (including phenoxy) is 1. The zero-order valence-electron chi connectivity index (χ0n) is 13.2. The molecule has 0 aromatic heterocycles. The molecule has 0 aliphatic heterocycles. The zero-order chi connectivity index (χ0) is 18.3. The first-order chi connectivity index (χ1) is 11.9. The molecule has 0 aliphatic carbocycles. The first-order valence-corrected chi connectivity index (χ1v) is 9.42. The van der Waals surface area contributed by atoms with Gasteiger partial charge in [0.1, 0.15) is 0 Å². The highest BCUT2D eigenvalue weighted by Crippen LogP contribution is 2.19. The molecule has 2 aromatic rings. The SMILES string of the molecule is O=[N+]([O-])c1ccc(S(=O)(=O)NC[C@@H](OCCCl)c2ccccc2)cc1. The first kappa shape index (κ1) is 19.3. The molecule has 2 aromatic carbocycles. The molecule has 0 radical (unpaired) electrons. The summed E-state index contributed by atoms with van der Waals surface area (Å²) in [6, 6.07) is 13.9. The molecule has 0 aliphatic rings. The van der Waals surface area contributed by atoms with Crippen LogP contribution >= 0.6 is 11.6 Å². The highest BCUT2D eigenvalue weighted by molar-refractivity contribution is 7.89. The molecule has 0 bridgehead atoms. The van der Waals surface area contributed by atoms with Crippen molar-refractivity contribution in [3.05, 3.63) is 70.3 Å². The van der Waals surface area contributed by atoms with Crippen LogP contribution in [0.2, 0.25) is 0 Å². The Bertz CT molecular complexity index is 797. The van der Waals surface area contributed by atoms with Crippen LogP contribution in [-0.2, 0) is 14.8 Å². The van der Waals surface area contributed by atoms with Gasteiger partial charge in [-0.15, -0.1) is 11.6 Å². The van der Waals surface area contributed by atoms with Gasteiger partial charge >= 0.3 is 0 Å². The summed E-state index contributed by atoms with van der Waals surface area (Å²) in [6.45, 7) is 0.292. The van der Waals surface area contributed by atoms with E-state index in [2.05, 4.69) is 4.72 Å². The van der Waals surface area contributed by atoms with Crippen molar-refractivity contribution in [1.82, 2.24) is 4.72 Å². The minimum absolute atomic E-state index is 0.0141. The minimum Gasteiger partial charge on any atom is -0.371 e. The molecule has 1 atom stereocenters. The maximum atomic E-state index is 12.4. The molecule has 0 amide bonds. The minimum atomic E-state index is -3.82. The van der Waals surface area contributed by atoms with Crippen molar-refractivity contribution in [2.45, 2.75) is 11.0 Å². The lowest BCUT2D eigenvalue weighted by Crippen LogP contribution is -2.30. The van der Waals surface area contributed by atoms with Gasteiger partial charge in [0.2, 0.25) is 10.0 Å². The van der Waals surface area contributed by atoms with Crippen LogP contribution in [0, 0.1) is 10.1 Å². The highest BCUT2D eigenvalue weighted by Gasteiger charge is 2.19. The Hall–Kier alpha value is -2.00. The lowest BCUT2D eigenvalue weighted by molar-refractivity contribution is -0.384. The van der Waals surface area contributed by atoms with E-state index in [0.29, 0.717) is 5.88 Å². The number of nitrogens with zero attached hydrogens (tertiary/aromatic N) is 1. The van der Waals surface area contributed by atoms with E-state index in [0.717, 1.165) is 17.7 Å². The summed E-state index contributed by atoms with van der Waals surface area (Å²) in [7, 11) is -3.82. The Morgan fingerprint density at radius 3 is 2.32 bits per heavy atom. The highest BCUT2D eigenvalue weighted by atomic mass is 35.5. The zero-order valence-corrected chi connectivity index (χ0v) is 14.7. The molecule has 0 saturated heterocycles. The number of alkyl halides is 1. The third-order valence-corrected chi connectivity index (χ3v) is 4.98. The predicted molar refractivity (Wildman–Crippen MR) is 94.1 cm³/mol. The fourth-order valence-corrected chi connectivity index (χ4v) is 3.26. The van der Waals surface area contributed by atoms with Crippen LogP contribution in [0.3, 0.4) is 0 Å². The molecule has 0 fully saturated rings. The number of halogens is 1. The molecule has 134 valence electrons. The summed E-state index contributed by atoms with van der Waals surface area (Å²) in [5.74, 6) is 0.290. The van der Waals surface area contributed by atoms with E-state index in [1.165, 1.54) is 12.1 Å². The Morgan fingerprint density at radius 1 is 1.12 bits per heavy atom. The maximum absolute atomic E-state index is 12.4. The van der Waals surface area contributed by atoms with E-state index in [-0.39, 0.29) is 23.7 Å². The lowest BCUT2D eigenvalue weighted by atomic mass is 10.1. The van der Waals surface area contributed by atoms with Crippen molar-refractivity contribution in [2.75, 3.05) is 19.0 Å². The Kier molecular flexibility index (Phi) is 6.89. The van der Waals surface area contributed by atoms with Gasteiger partial charge in [-0.2, -0.15) is 0 Å². The molecule has 0 heterocycles. The third-order valence-electron chi connectivity index (χ3n) is 3.38. The average molecular weight is 385 g/mol. The number of sulfonamides is 1. The summed E-state index contributed by atoms with van der Waals surface area (Å²) < 4.78 is 32.8. The van der Waals surface area contributed by atoms with Crippen LogP contribution in [-0.4, -0.2) is 32.4 Å². The number of nitro benzene ring substituents is 1. The second kappa shape index (κ2) is 8.91. The van der Waals surface area contributed by atoms with Crippen LogP contribution in [0.5, 0.6) is 0 Å². The van der Waals surface area contributed by atoms with Crippen LogP contribution in [0.4, 0.5) is 5.69 Å². The largest absolute Gasteiger partial charge is 0.371 e. The fraction of sp³-hybridized carbons (Fsp3) is 0.250. The van der Waals surface area contributed by atoms with E-state index >= 15 is 0 Å². The first-order valence-electron chi connectivity index (χ1n) is 7.40. The summed E-state index contributed by atoms with van der Waals surface area (Å²) in [4.78, 5) is 10.0. The number of rotatable bonds is 9. The molecular weight excluding hydrogens is 368 g/mol. The van der Waals surface area contributed by atoms with E-state index < -0.39 is 21.1 Å². The van der Waals surface area contributed by atoms with Gasteiger partial charge in [0, 0.05) is 24.6 Å². The summed E-state index contributed by atoms with van der Waals surface area (Å²) >= 11 is 5.64. The summed E-state index contributed by atoms with van der Waals surface area (Å²) in [5.41, 5.74) is 0.644. The average Bonchev–Trinajstić information content (AvgIpc) is 2.62. The van der Waals surface area contributed by atoms with Gasteiger partial charge in [0.25, 0.3) is 5.69 Å². The Labute approximate surface area is 150 Å². The van der Waals surface area contributed by atoms with Crippen LogP contribution in [0.1, 0.15) is 11.7 Å². The van der Waals surface area contributed by atoms with Crippen molar-refractivity contribution in [2.24, 2.45) is 0 Å². The lowest BCUT2D eigenvalue weighted by Gasteiger charge is -2.18. The van der Waals surface area contributed by atoms with Crippen molar-refractivity contribution in [3.63, 3.8) is 0 Å². The molecular formula is C16H17ClN2O5S. The van der Waals surface area contributed by atoms with Crippen molar-refractivity contribution in [3.8, 4) is 0 Å². The van der Waals surface area contributed by atoms with Gasteiger partial charge in [0.15, 0.2) is 0 Å². The molecule has 2 rings (SSSR count). The second-order valence-electron chi connectivity index (χ2n) is 5.06. The van der Waals surface area contributed by atoms with Crippen LogP contribution in [0.25, 0.3) is 0 Å². The summed E-state index contributed by atoms with van der Waals surface area (Å²) in [6.07, 6.45) is -0.493. The molecule has 9 heteroatoms. The van der Waals surface area contributed by atoms with Crippen LogP contribution < -0.4 is 4.72 Å². The number of hydrogen-bond donors (Lipinski definition) is 1. The number of nitrogens with one attached hydrogen (secondary N) is 1. The molecule has 0 spiro atoms. The Balaban J connectivity index is 2.11. The number of nitro groups is 1.